The summed E-state index contributed by atoms with van der Waals surface area (Å²) < 4.78 is 15.9. The normalized spacial score (nSPS) is 11.1. The minimum Gasteiger partial charge on any atom is -0.504 e. The maximum atomic E-state index is 12.6. The number of rotatable bonds is 5. The van der Waals surface area contributed by atoms with Gasteiger partial charge in [0.25, 0.3) is 0 Å². The van der Waals surface area contributed by atoms with Crippen LogP contribution in [0.1, 0.15) is 34.6 Å². The van der Waals surface area contributed by atoms with Crippen molar-refractivity contribution in [3.8, 4) is 34.3 Å². The van der Waals surface area contributed by atoms with Crippen LogP contribution >= 0.6 is 0 Å². The lowest BCUT2D eigenvalue weighted by atomic mass is 10.1. The lowest BCUT2D eigenvalue weighted by molar-refractivity contribution is -0.132. The predicted molar refractivity (Wildman–Crippen MR) is 121 cm³/mol. The minimum atomic E-state index is -0.772. The molecule has 0 aliphatic carbocycles. The van der Waals surface area contributed by atoms with E-state index < -0.39 is 34.7 Å². The topological polar surface area (TPSA) is 127 Å². The number of aromatic hydroxyl groups is 2. The number of carbonyl (C=O) groups is 2. The Morgan fingerprint density at radius 2 is 1.58 bits per heavy atom. The smallest absolute Gasteiger partial charge is 0.415 e. The molecule has 0 fully saturated rings. The Morgan fingerprint density at radius 3 is 2.12 bits per heavy atom. The molecule has 0 aliphatic heterocycles. The monoisotopic (exact) mass is 455 g/mol. The van der Waals surface area contributed by atoms with E-state index in [2.05, 4.69) is 0 Å². The molecule has 0 radical (unpaired) electrons. The fourth-order valence-electron chi connectivity index (χ4n) is 3.52. The van der Waals surface area contributed by atoms with Crippen LogP contribution in [0.15, 0.2) is 45.6 Å². The van der Waals surface area contributed by atoms with Crippen molar-refractivity contribution in [2.24, 2.45) is 0 Å². The van der Waals surface area contributed by atoms with Crippen LogP contribution in [-0.2, 0) is 4.79 Å². The number of carbonyl (C=O) groups excluding carboxylic acids is 2. The molecule has 0 bridgehead atoms. The number of esters is 1. The van der Waals surface area contributed by atoms with Crippen LogP contribution in [-0.4, -0.2) is 39.3 Å². The highest BCUT2D eigenvalue weighted by atomic mass is 16.6. The van der Waals surface area contributed by atoms with Gasteiger partial charge < -0.3 is 29.0 Å². The highest BCUT2D eigenvalue weighted by molar-refractivity contribution is 5.90. The molecular formula is C24H25NO8. The first kappa shape index (κ1) is 23.6. The largest absolute Gasteiger partial charge is 0.504 e. The van der Waals surface area contributed by atoms with Gasteiger partial charge in [-0.15, -0.1) is 0 Å². The van der Waals surface area contributed by atoms with E-state index in [4.69, 9.17) is 13.9 Å². The molecule has 0 saturated heterocycles. The Bertz CT molecular complexity index is 1250. The number of ether oxygens (including phenoxy) is 2. The van der Waals surface area contributed by atoms with Gasteiger partial charge in [0.1, 0.15) is 22.5 Å². The van der Waals surface area contributed by atoms with Crippen molar-refractivity contribution in [1.82, 2.24) is 4.90 Å². The lowest BCUT2D eigenvalue weighted by Gasteiger charge is -2.29. The molecule has 174 valence electrons. The summed E-state index contributed by atoms with van der Waals surface area (Å²) in [6.07, 6.45) is -0.473. The second kappa shape index (κ2) is 9.23. The van der Waals surface area contributed by atoms with Crippen LogP contribution in [0.4, 0.5) is 4.79 Å². The quantitative estimate of drug-likeness (QED) is 0.428. The van der Waals surface area contributed by atoms with Crippen molar-refractivity contribution < 1.29 is 33.7 Å². The number of amides is 1. The van der Waals surface area contributed by atoms with Gasteiger partial charge >= 0.3 is 12.1 Å². The van der Waals surface area contributed by atoms with E-state index >= 15 is 0 Å². The summed E-state index contributed by atoms with van der Waals surface area (Å²) in [7, 11) is 0. The molecule has 33 heavy (non-hydrogen) atoms. The maximum Gasteiger partial charge on any atom is 0.415 e. The molecule has 1 aromatic heterocycles. The number of nitrogens with zero attached hydrogens (tertiary/aromatic N) is 1. The van der Waals surface area contributed by atoms with Gasteiger partial charge in [0.2, 0.25) is 5.75 Å². The summed E-state index contributed by atoms with van der Waals surface area (Å²) in [5.74, 6) is -2.06. The predicted octanol–water partition coefficient (Wildman–Crippen LogP) is 4.41. The summed E-state index contributed by atoms with van der Waals surface area (Å²) in [5, 5.41) is 20.2. The van der Waals surface area contributed by atoms with E-state index in [1.54, 1.807) is 29.2 Å². The molecule has 9 nitrogen and oxygen atoms in total. The van der Waals surface area contributed by atoms with Gasteiger partial charge in [-0.2, -0.15) is 0 Å². The molecule has 0 atom stereocenters. The third-order valence-corrected chi connectivity index (χ3v) is 4.84. The lowest BCUT2D eigenvalue weighted by Crippen LogP contribution is -2.43. The minimum absolute atomic E-state index is 0.0298. The van der Waals surface area contributed by atoms with Crippen LogP contribution < -0.4 is 14.9 Å². The van der Waals surface area contributed by atoms with Crippen molar-refractivity contribution in [1.29, 1.82) is 0 Å². The number of hydrogen-bond acceptors (Lipinski definition) is 8. The number of benzene rings is 2. The fraction of sp³-hybridized carbons (Fsp3) is 0.292. The number of phenolic OH excluding ortho intramolecular Hbond substituents is 2. The molecule has 1 heterocycles. The molecule has 2 aromatic carbocycles. The highest BCUT2D eigenvalue weighted by Gasteiger charge is 2.23. The van der Waals surface area contributed by atoms with Gasteiger partial charge in [0.15, 0.2) is 16.9 Å². The van der Waals surface area contributed by atoms with Crippen LogP contribution in [0.5, 0.6) is 23.0 Å². The van der Waals surface area contributed by atoms with E-state index in [-0.39, 0.29) is 28.8 Å². The molecule has 0 unspecified atom stereocenters. The van der Waals surface area contributed by atoms with Crippen LogP contribution in [0.3, 0.4) is 0 Å². The Morgan fingerprint density at radius 1 is 0.970 bits per heavy atom. The third-order valence-electron chi connectivity index (χ3n) is 4.84. The molecule has 0 spiro atoms. The van der Waals surface area contributed by atoms with Gasteiger partial charge in [-0.3, -0.25) is 9.59 Å². The third kappa shape index (κ3) is 4.92. The van der Waals surface area contributed by atoms with Gasteiger partial charge in [0, 0.05) is 36.7 Å². The van der Waals surface area contributed by atoms with Gasteiger partial charge in [0.05, 0.1) is 0 Å². The molecular weight excluding hydrogens is 430 g/mol. The average Bonchev–Trinajstić information content (AvgIpc) is 2.70. The maximum absolute atomic E-state index is 12.6. The number of hydrogen-bond donors (Lipinski definition) is 2. The number of phenols is 2. The first-order valence-corrected chi connectivity index (χ1v) is 10.3. The summed E-state index contributed by atoms with van der Waals surface area (Å²) >= 11 is 0. The van der Waals surface area contributed by atoms with E-state index in [0.29, 0.717) is 11.3 Å². The van der Waals surface area contributed by atoms with Crippen LogP contribution in [0, 0.1) is 0 Å². The van der Waals surface area contributed by atoms with E-state index in [0.717, 1.165) is 19.1 Å². The number of fused-ring (bicyclic) bond motifs is 1. The molecule has 3 aromatic rings. The van der Waals surface area contributed by atoms with Crippen molar-refractivity contribution in [3.05, 3.63) is 46.6 Å². The van der Waals surface area contributed by atoms with Crippen LogP contribution in [0.25, 0.3) is 22.3 Å². The van der Waals surface area contributed by atoms with E-state index in [1.807, 2.05) is 27.7 Å². The SMILES string of the molecule is CC(=O)Oc1c(O)cc2oc(-c3ccc(OC(=O)N(C(C)C)C(C)C)cc3)cc(=O)c2c1O. The van der Waals surface area contributed by atoms with E-state index in [9.17, 15) is 24.6 Å². The van der Waals surface area contributed by atoms with Crippen molar-refractivity contribution in [2.75, 3.05) is 0 Å². The zero-order valence-corrected chi connectivity index (χ0v) is 18.9. The Balaban J connectivity index is 1.93. The van der Waals surface area contributed by atoms with E-state index in [1.165, 1.54) is 0 Å². The molecule has 1 amide bonds. The Labute approximate surface area is 189 Å². The Hall–Kier alpha value is -4.01. The highest BCUT2D eigenvalue weighted by Crippen LogP contribution is 2.41. The second-order valence-electron chi connectivity index (χ2n) is 8.00. The second-order valence-corrected chi connectivity index (χ2v) is 8.00. The molecule has 0 saturated carbocycles. The molecule has 0 aliphatic rings. The summed E-state index contributed by atoms with van der Waals surface area (Å²) in [6.45, 7) is 8.69. The first-order chi connectivity index (χ1) is 15.5. The van der Waals surface area contributed by atoms with Crippen LogP contribution in [0.2, 0.25) is 0 Å². The summed E-state index contributed by atoms with van der Waals surface area (Å²) in [6, 6.07) is 8.53. The zero-order valence-electron chi connectivity index (χ0n) is 18.9. The molecule has 2 N–H and O–H groups in total. The van der Waals surface area contributed by atoms with Crippen molar-refractivity contribution in [2.45, 2.75) is 46.7 Å². The van der Waals surface area contributed by atoms with Crippen molar-refractivity contribution in [3.63, 3.8) is 0 Å². The van der Waals surface area contributed by atoms with Gasteiger partial charge in [-0.1, -0.05) is 0 Å². The summed E-state index contributed by atoms with van der Waals surface area (Å²) in [4.78, 5) is 37.9. The standard InChI is InChI=1S/C24H25NO8/c1-12(2)25(13(3)4)24(30)32-16-8-6-15(7-9-16)19-10-17(27)21-20(33-19)11-18(28)23(22(21)29)31-14(5)26/h6-13,28-29H,1-5H3. The molecule has 3 rings (SSSR count). The summed E-state index contributed by atoms with van der Waals surface area (Å²) in [5.41, 5.74) is -0.193. The Kier molecular flexibility index (Phi) is 6.62. The van der Waals surface area contributed by atoms with Gasteiger partial charge in [-0.25, -0.2) is 4.79 Å². The molecule has 9 heteroatoms. The first-order valence-electron chi connectivity index (χ1n) is 10.3. The van der Waals surface area contributed by atoms with Gasteiger partial charge in [-0.05, 0) is 52.0 Å². The zero-order chi connectivity index (χ0) is 24.4. The average molecular weight is 455 g/mol. The van der Waals surface area contributed by atoms with Crippen molar-refractivity contribution >= 4 is 23.0 Å². The fourth-order valence-corrected chi connectivity index (χ4v) is 3.52.